The number of aromatic nitrogens is 1. The molecule has 1 heterocycles. The quantitative estimate of drug-likeness (QED) is 0.483. The van der Waals surface area contributed by atoms with Gasteiger partial charge in [-0.3, -0.25) is 9.59 Å². The monoisotopic (exact) mass is 412 g/mol. The highest BCUT2D eigenvalue weighted by Gasteiger charge is 2.19. The molecule has 0 radical (unpaired) electrons. The van der Waals surface area contributed by atoms with E-state index in [1.165, 1.54) is 19.1 Å². The minimum absolute atomic E-state index is 0.0725. The van der Waals surface area contributed by atoms with Gasteiger partial charge in [0.25, 0.3) is 5.91 Å². The van der Waals surface area contributed by atoms with Gasteiger partial charge in [-0.05, 0) is 62.4 Å². The highest BCUT2D eigenvalue weighted by Crippen LogP contribution is 2.28. The fourth-order valence-electron chi connectivity index (χ4n) is 2.48. The van der Waals surface area contributed by atoms with Crippen LogP contribution in [-0.2, 0) is 9.53 Å². The third-order valence-electron chi connectivity index (χ3n) is 3.98. The number of amides is 1. The van der Waals surface area contributed by atoms with E-state index in [9.17, 15) is 18.8 Å². The first-order valence-corrected chi connectivity index (χ1v) is 9.46. The first kappa shape index (κ1) is 20.3. The molecule has 0 unspecified atom stereocenters. The Morgan fingerprint density at radius 3 is 2.34 bits per heavy atom. The van der Waals surface area contributed by atoms with Crippen molar-refractivity contribution in [3.63, 3.8) is 0 Å². The van der Waals surface area contributed by atoms with E-state index in [4.69, 9.17) is 4.74 Å². The Kier molecular flexibility index (Phi) is 6.13. The number of benzene rings is 2. The number of ether oxygens (including phenoxy) is 1. The lowest BCUT2D eigenvalue weighted by molar-refractivity contribution is -0.119. The summed E-state index contributed by atoms with van der Waals surface area (Å²) < 4.78 is 18.1. The number of rotatable bonds is 6. The molecule has 3 rings (SSSR count). The molecular weight excluding hydrogens is 395 g/mol. The Morgan fingerprint density at radius 1 is 1.07 bits per heavy atom. The van der Waals surface area contributed by atoms with E-state index < -0.39 is 18.5 Å². The smallest absolute Gasteiger partial charge is 0.350 e. The van der Waals surface area contributed by atoms with E-state index in [1.54, 1.807) is 43.3 Å². The first-order valence-electron chi connectivity index (χ1n) is 8.65. The van der Waals surface area contributed by atoms with E-state index in [2.05, 4.69) is 10.3 Å². The molecule has 2 aromatic carbocycles. The van der Waals surface area contributed by atoms with Gasteiger partial charge in [0.1, 0.15) is 15.7 Å². The number of carbonyl (C=O) groups excluding carboxylic acids is 3. The number of hydrogen-bond donors (Lipinski definition) is 1. The number of Topliss-reactive ketones (excluding diaryl/α,β-unsaturated/α-hetero) is 1. The molecule has 8 heteroatoms. The third kappa shape index (κ3) is 5.11. The third-order valence-corrected chi connectivity index (χ3v) is 5.17. The van der Waals surface area contributed by atoms with Crippen LogP contribution in [-0.4, -0.2) is 29.3 Å². The number of thiazole rings is 1. The average Bonchev–Trinajstić information content (AvgIpc) is 3.09. The van der Waals surface area contributed by atoms with E-state index in [1.807, 2.05) is 0 Å². The topological polar surface area (TPSA) is 85.4 Å². The fourth-order valence-corrected chi connectivity index (χ4v) is 3.45. The number of esters is 1. The minimum atomic E-state index is -0.657. The van der Waals surface area contributed by atoms with Gasteiger partial charge in [0.15, 0.2) is 12.4 Å². The zero-order valence-corrected chi connectivity index (χ0v) is 16.5. The lowest BCUT2D eigenvalue weighted by Gasteiger charge is -2.06. The maximum Gasteiger partial charge on any atom is 0.350 e. The van der Waals surface area contributed by atoms with Crippen LogP contribution in [0.2, 0.25) is 0 Å². The molecule has 0 aliphatic rings. The van der Waals surface area contributed by atoms with Gasteiger partial charge in [-0.25, -0.2) is 14.2 Å². The number of carbonyl (C=O) groups is 3. The van der Waals surface area contributed by atoms with Crippen LogP contribution in [0.3, 0.4) is 0 Å². The Hall–Kier alpha value is -3.39. The molecule has 0 saturated heterocycles. The number of aryl methyl sites for hydroxylation is 1. The molecular formula is C21H17FN2O4S. The summed E-state index contributed by atoms with van der Waals surface area (Å²) in [7, 11) is 0. The summed E-state index contributed by atoms with van der Waals surface area (Å²) in [5.41, 5.74) is 2.18. The van der Waals surface area contributed by atoms with Crippen LogP contribution in [0.5, 0.6) is 0 Å². The van der Waals surface area contributed by atoms with Crippen molar-refractivity contribution in [3.8, 4) is 10.6 Å². The lowest BCUT2D eigenvalue weighted by atomic mass is 10.1. The number of ketones is 1. The Balaban J connectivity index is 1.59. The molecule has 0 aliphatic heterocycles. The van der Waals surface area contributed by atoms with Gasteiger partial charge in [0.2, 0.25) is 0 Å². The zero-order chi connectivity index (χ0) is 21.0. The van der Waals surface area contributed by atoms with Crippen molar-refractivity contribution in [1.82, 2.24) is 4.98 Å². The maximum absolute atomic E-state index is 13.1. The molecule has 0 atom stereocenters. The fraction of sp³-hybridized carbons (Fsp3) is 0.143. The van der Waals surface area contributed by atoms with Crippen LogP contribution >= 0.6 is 11.3 Å². The van der Waals surface area contributed by atoms with Crippen molar-refractivity contribution in [2.45, 2.75) is 13.8 Å². The molecule has 0 spiro atoms. The van der Waals surface area contributed by atoms with E-state index in [0.29, 0.717) is 27.5 Å². The predicted molar refractivity (Wildman–Crippen MR) is 108 cm³/mol. The Labute approximate surface area is 170 Å². The van der Waals surface area contributed by atoms with Crippen molar-refractivity contribution in [3.05, 3.63) is 70.5 Å². The SMILES string of the molecule is CC(=O)c1ccc(NC(=O)COC(=O)c2sc(-c3ccc(F)cc3)nc2C)cc1. The highest BCUT2D eigenvalue weighted by molar-refractivity contribution is 7.17. The van der Waals surface area contributed by atoms with Crippen molar-refractivity contribution in [2.75, 3.05) is 11.9 Å². The molecule has 1 N–H and O–H groups in total. The van der Waals surface area contributed by atoms with E-state index in [0.717, 1.165) is 11.3 Å². The second kappa shape index (κ2) is 8.74. The van der Waals surface area contributed by atoms with E-state index >= 15 is 0 Å². The van der Waals surface area contributed by atoms with Crippen LogP contribution in [0.15, 0.2) is 48.5 Å². The van der Waals surface area contributed by atoms with Gasteiger partial charge >= 0.3 is 5.97 Å². The molecule has 29 heavy (non-hydrogen) atoms. The summed E-state index contributed by atoms with van der Waals surface area (Å²) in [6, 6.07) is 12.2. The molecule has 0 fully saturated rings. The summed E-state index contributed by atoms with van der Waals surface area (Å²) in [4.78, 5) is 40.2. The Morgan fingerprint density at radius 2 is 1.72 bits per heavy atom. The number of nitrogens with zero attached hydrogens (tertiary/aromatic N) is 1. The summed E-state index contributed by atoms with van der Waals surface area (Å²) in [6.45, 7) is 2.66. The van der Waals surface area contributed by atoms with Crippen molar-refractivity contribution in [1.29, 1.82) is 0 Å². The van der Waals surface area contributed by atoms with Crippen LogP contribution in [0.25, 0.3) is 10.6 Å². The number of hydrogen-bond acceptors (Lipinski definition) is 6. The second-order valence-electron chi connectivity index (χ2n) is 6.20. The standard InChI is InChI=1S/C21H17FN2O4S/c1-12-19(29-20(23-12)15-3-7-16(22)8-4-15)21(27)28-11-18(26)24-17-9-5-14(6-10-17)13(2)25/h3-10H,11H2,1-2H3,(H,24,26). The Bertz CT molecular complexity index is 1060. The largest absolute Gasteiger partial charge is 0.451 e. The molecule has 0 saturated carbocycles. The van der Waals surface area contributed by atoms with Crippen LogP contribution in [0.1, 0.15) is 32.6 Å². The average molecular weight is 412 g/mol. The summed E-state index contributed by atoms with van der Waals surface area (Å²) in [5, 5.41) is 3.15. The van der Waals surface area contributed by atoms with Gasteiger partial charge < -0.3 is 10.1 Å². The van der Waals surface area contributed by atoms with Crippen LogP contribution in [0.4, 0.5) is 10.1 Å². The van der Waals surface area contributed by atoms with Crippen molar-refractivity contribution >= 4 is 34.7 Å². The van der Waals surface area contributed by atoms with Gasteiger partial charge in [-0.15, -0.1) is 11.3 Å². The van der Waals surface area contributed by atoms with Gasteiger partial charge in [-0.2, -0.15) is 0 Å². The maximum atomic E-state index is 13.1. The van der Waals surface area contributed by atoms with Gasteiger partial charge in [0, 0.05) is 16.8 Å². The molecule has 1 amide bonds. The van der Waals surface area contributed by atoms with Gasteiger partial charge in [-0.1, -0.05) is 0 Å². The van der Waals surface area contributed by atoms with Crippen LogP contribution in [0, 0.1) is 12.7 Å². The zero-order valence-electron chi connectivity index (χ0n) is 15.7. The number of nitrogens with one attached hydrogen (secondary N) is 1. The number of anilines is 1. The molecule has 3 aromatic rings. The minimum Gasteiger partial charge on any atom is -0.451 e. The molecule has 0 aliphatic carbocycles. The first-order chi connectivity index (χ1) is 13.8. The van der Waals surface area contributed by atoms with Crippen LogP contribution < -0.4 is 5.32 Å². The summed E-state index contributed by atoms with van der Waals surface area (Å²) in [6.07, 6.45) is 0. The van der Waals surface area contributed by atoms with E-state index in [-0.39, 0.29) is 16.5 Å². The van der Waals surface area contributed by atoms with Gasteiger partial charge in [0.05, 0.1) is 5.69 Å². The van der Waals surface area contributed by atoms with Crippen molar-refractivity contribution < 1.29 is 23.5 Å². The summed E-state index contributed by atoms with van der Waals surface area (Å²) >= 11 is 1.11. The van der Waals surface area contributed by atoms with Crippen molar-refractivity contribution in [2.24, 2.45) is 0 Å². The predicted octanol–water partition coefficient (Wildman–Crippen LogP) is 4.26. The second-order valence-corrected chi connectivity index (χ2v) is 7.20. The molecule has 6 nitrogen and oxygen atoms in total. The number of halogens is 1. The summed E-state index contributed by atoms with van der Waals surface area (Å²) in [5.74, 6) is -1.59. The molecule has 1 aromatic heterocycles. The molecule has 0 bridgehead atoms. The highest BCUT2D eigenvalue weighted by atomic mass is 32.1. The molecule has 148 valence electrons. The normalized spacial score (nSPS) is 10.4. The lowest BCUT2D eigenvalue weighted by Crippen LogP contribution is -2.20.